The summed E-state index contributed by atoms with van der Waals surface area (Å²) in [6.45, 7) is 7.50. The number of anilines is 1. The third-order valence-corrected chi connectivity index (χ3v) is 7.96. The van der Waals surface area contributed by atoms with Gasteiger partial charge in [0, 0.05) is 42.9 Å². The fourth-order valence-electron chi connectivity index (χ4n) is 5.33. The average Bonchev–Trinajstić information content (AvgIpc) is 3.44. The molecule has 2 aromatic carbocycles. The molecule has 0 unspecified atom stereocenters. The Labute approximate surface area is 238 Å². The molecule has 2 aliphatic rings. The second-order valence-corrected chi connectivity index (χ2v) is 11.4. The van der Waals surface area contributed by atoms with Gasteiger partial charge in [0.25, 0.3) is 0 Å². The summed E-state index contributed by atoms with van der Waals surface area (Å²) in [6.07, 6.45) is 7.08. The molecule has 2 fully saturated rings. The molecule has 214 valence electrons. The Kier molecular flexibility index (Phi) is 7.66. The summed E-state index contributed by atoms with van der Waals surface area (Å²) in [6, 6.07) is 9.97. The first-order valence-electron chi connectivity index (χ1n) is 14.2. The standard InChI is InChI=1S/C31H34F2N6O2/c1-3-20-15-34-30(35-16-20)39-10-8-21(9-11-39)17-41-28-25(32)12-24(13-26(28)33)22-4-6-23(7-5-22)29-36-27(37-38-29)14-31(2)18-40-19-31/h4-7,12-13,15-16,21H,3,8-11,14,17-19H2,1-2H3,(H,36,37,38). The van der Waals surface area contributed by atoms with Crippen LogP contribution in [0.2, 0.25) is 0 Å². The molecule has 0 saturated carbocycles. The molecule has 1 N–H and O–H groups in total. The van der Waals surface area contributed by atoms with Crippen LogP contribution in [0.25, 0.3) is 22.5 Å². The van der Waals surface area contributed by atoms with Crippen LogP contribution in [0.5, 0.6) is 5.75 Å². The average molecular weight is 561 g/mol. The van der Waals surface area contributed by atoms with E-state index in [2.05, 4.69) is 43.9 Å². The summed E-state index contributed by atoms with van der Waals surface area (Å²) in [4.78, 5) is 15.7. The van der Waals surface area contributed by atoms with Crippen LogP contribution < -0.4 is 9.64 Å². The van der Waals surface area contributed by atoms with E-state index >= 15 is 0 Å². The zero-order chi connectivity index (χ0) is 28.4. The number of benzene rings is 2. The van der Waals surface area contributed by atoms with E-state index < -0.39 is 11.6 Å². The second-order valence-electron chi connectivity index (χ2n) is 11.4. The lowest BCUT2D eigenvalue weighted by Crippen LogP contribution is -2.41. The third kappa shape index (κ3) is 6.07. The number of H-pyrrole nitrogens is 1. The lowest BCUT2D eigenvalue weighted by atomic mass is 9.85. The van der Waals surface area contributed by atoms with E-state index in [0.717, 1.165) is 74.9 Å². The van der Waals surface area contributed by atoms with Crippen LogP contribution in [-0.4, -0.2) is 58.1 Å². The number of hydrogen-bond acceptors (Lipinski definition) is 7. The van der Waals surface area contributed by atoms with E-state index in [4.69, 9.17) is 9.47 Å². The predicted molar refractivity (Wildman–Crippen MR) is 152 cm³/mol. The van der Waals surface area contributed by atoms with Crippen molar-refractivity contribution < 1.29 is 18.3 Å². The summed E-state index contributed by atoms with van der Waals surface area (Å²) in [5.74, 6) is 0.580. The van der Waals surface area contributed by atoms with E-state index in [1.165, 1.54) is 12.1 Å². The number of aromatic amines is 1. The van der Waals surface area contributed by atoms with Crippen molar-refractivity contribution in [3.8, 4) is 28.3 Å². The first-order chi connectivity index (χ1) is 19.9. The van der Waals surface area contributed by atoms with E-state index in [0.29, 0.717) is 17.0 Å². The van der Waals surface area contributed by atoms with Gasteiger partial charge in [0.1, 0.15) is 5.82 Å². The fraction of sp³-hybridized carbons (Fsp3) is 0.419. The van der Waals surface area contributed by atoms with Crippen LogP contribution in [-0.2, 0) is 17.6 Å². The van der Waals surface area contributed by atoms with Crippen molar-refractivity contribution in [3.05, 3.63) is 71.8 Å². The van der Waals surface area contributed by atoms with Crippen LogP contribution in [0, 0.1) is 23.0 Å². The largest absolute Gasteiger partial charge is 0.487 e. The van der Waals surface area contributed by atoms with E-state index in [-0.39, 0.29) is 23.7 Å². The Morgan fingerprint density at radius 2 is 1.66 bits per heavy atom. The number of nitrogens with zero attached hydrogens (tertiary/aromatic N) is 5. The van der Waals surface area contributed by atoms with Gasteiger partial charge >= 0.3 is 0 Å². The normalized spacial score (nSPS) is 16.9. The molecular weight excluding hydrogens is 526 g/mol. The van der Waals surface area contributed by atoms with Crippen molar-refractivity contribution in [2.45, 2.75) is 39.5 Å². The predicted octanol–water partition coefficient (Wildman–Crippen LogP) is 5.64. The summed E-state index contributed by atoms with van der Waals surface area (Å²) in [5.41, 5.74) is 3.15. The first-order valence-corrected chi connectivity index (χ1v) is 14.2. The molecule has 2 saturated heterocycles. The maximum absolute atomic E-state index is 15.0. The summed E-state index contributed by atoms with van der Waals surface area (Å²) in [7, 11) is 0. The quantitative estimate of drug-likeness (QED) is 0.283. The second kappa shape index (κ2) is 11.5. The Hall–Kier alpha value is -3.92. The van der Waals surface area contributed by atoms with Crippen molar-refractivity contribution in [3.63, 3.8) is 0 Å². The third-order valence-electron chi connectivity index (χ3n) is 7.96. The summed E-state index contributed by atoms with van der Waals surface area (Å²) >= 11 is 0. The zero-order valence-corrected chi connectivity index (χ0v) is 23.4. The number of hydrogen-bond donors (Lipinski definition) is 1. The van der Waals surface area contributed by atoms with Crippen molar-refractivity contribution in [2.75, 3.05) is 37.8 Å². The molecule has 2 aromatic heterocycles. The zero-order valence-electron chi connectivity index (χ0n) is 23.4. The minimum absolute atomic E-state index is 0.0963. The molecule has 0 aliphatic carbocycles. The lowest BCUT2D eigenvalue weighted by Gasteiger charge is -2.37. The molecule has 0 amide bonds. The Bertz CT molecular complexity index is 1460. The van der Waals surface area contributed by atoms with Crippen LogP contribution in [0.3, 0.4) is 0 Å². The van der Waals surface area contributed by atoms with Gasteiger partial charge in [-0.05, 0) is 54.0 Å². The Morgan fingerprint density at radius 1 is 1.00 bits per heavy atom. The van der Waals surface area contributed by atoms with Gasteiger partial charge in [-0.25, -0.2) is 23.7 Å². The highest BCUT2D eigenvalue weighted by molar-refractivity contribution is 5.68. The molecule has 0 bridgehead atoms. The van der Waals surface area contributed by atoms with Gasteiger partial charge < -0.3 is 14.4 Å². The number of ether oxygens (including phenoxy) is 2. The van der Waals surface area contributed by atoms with E-state index in [9.17, 15) is 8.78 Å². The molecule has 10 heteroatoms. The van der Waals surface area contributed by atoms with Crippen LogP contribution in [0.4, 0.5) is 14.7 Å². The number of piperidine rings is 1. The molecular formula is C31H34F2N6O2. The number of halogens is 2. The van der Waals surface area contributed by atoms with Gasteiger partial charge in [-0.3, -0.25) is 5.10 Å². The van der Waals surface area contributed by atoms with Gasteiger partial charge in [0.15, 0.2) is 23.2 Å². The van der Waals surface area contributed by atoms with Crippen molar-refractivity contribution in [1.29, 1.82) is 0 Å². The monoisotopic (exact) mass is 560 g/mol. The molecule has 0 spiro atoms. The number of aromatic nitrogens is 5. The van der Waals surface area contributed by atoms with Crippen molar-refractivity contribution in [1.82, 2.24) is 25.1 Å². The van der Waals surface area contributed by atoms with Gasteiger partial charge in [0.2, 0.25) is 5.95 Å². The van der Waals surface area contributed by atoms with Gasteiger partial charge in [-0.2, -0.15) is 5.10 Å². The maximum Gasteiger partial charge on any atom is 0.225 e. The highest BCUT2D eigenvalue weighted by Crippen LogP contribution is 2.32. The Morgan fingerprint density at radius 3 is 2.27 bits per heavy atom. The molecule has 2 aliphatic heterocycles. The topological polar surface area (TPSA) is 89.0 Å². The number of aryl methyl sites for hydroxylation is 1. The SMILES string of the molecule is CCc1cnc(N2CCC(COc3c(F)cc(-c4ccc(-c5n[nH]c(CC6(C)COC6)n5)cc4)cc3F)CC2)nc1. The molecule has 4 aromatic rings. The fourth-order valence-corrected chi connectivity index (χ4v) is 5.33. The van der Waals surface area contributed by atoms with Gasteiger partial charge in [-0.1, -0.05) is 38.1 Å². The smallest absolute Gasteiger partial charge is 0.225 e. The summed E-state index contributed by atoms with van der Waals surface area (Å²) in [5, 5.41) is 7.34. The minimum Gasteiger partial charge on any atom is -0.487 e. The number of rotatable bonds is 9. The lowest BCUT2D eigenvalue weighted by molar-refractivity contribution is -0.101. The van der Waals surface area contributed by atoms with Crippen molar-refractivity contribution >= 4 is 5.95 Å². The van der Waals surface area contributed by atoms with Crippen molar-refractivity contribution in [2.24, 2.45) is 11.3 Å². The molecule has 41 heavy (non-hydrogen) atoms. The maximum atomic E-state index is 15.0. The Balaban J connectivity index is 1.05. The molecule has 8 nitrogen and oxygen atoms in total. The molecule has 4 heterocycles. The number of nitrogens with one attached hydrogen (secondary N) is 1. The van der Waals surface area contributed by atoms with Gasteiger partial charge in [-0.15, -0.1) is 0 Å². The van der Waals surface area contributed by atoms with Crippen LogP contribution >= 0.6 is 0 Å². The molecule has 0 radical (unpaired) electrons. The highest BCUT2D eigenvalue weighted by atomic mass is 19.1. The highest BCUT2D eigenvalue weighted by Gasteiger charge is 2.34. The van der Waals surface area contributed by atoms with Crippen LogP contribution in [0.15, 0.2) is 48.8 Å². The molecule has 0 atom stereocenters. The molecule has 6 rings (SSSR count). The first kappa shape index (κ1) is 27.3. The van der Waals surface area contributed by atoms with E-state index in [1.54, 1.807) is 0 Å². The minimum atomic E-state index is -0.710. The van der Waals surface area contributed by atoms with Crippen LogP contribution in [0.1, 0.15) is 38.1 Å². The van der Waals surface area contributed by atoms with Gasteiger partial charge in [0.05, 0.1) is 19.8 Å². The van der Waals surface area contributed by atoms with E-state index in [1.807, 2.05) is 36.7 Å². The summed E-state index contributed by atoms with van der Waals surface area (Å²) < 4.78 is 41.0.